The van der Waals surface area contributed by atoms with Crippen LogP contribution in [0.4, 0.5) is 0 Å². The number of pyridine rings is 1. The number of hydrogen-bond donors (Lipinski definition) is 3. The van der Waals surface area contributed by atoms with Crippen LogP contribution in [0.15, 0.2) is 51.2 Å². The molecular weight excluding hydrogens is 405 g/mol. The second-order valence-corrected chi connectivity index (χ2v) is 8.42. The fourth-order valence-corrected chi connectivity index (χ4v) is 4.40. The van der Waals surface area contributed by atoms with E-state index in [1.807, 2.05) is 12.1 Å². The molecule has 0 aliphatic carbocycles. The Kier molecular flexibility index (Phi) is 6.32. The van der Waals surface area contributed by atoms with E-state index in [-0.39, 0.29) is 11.5 Å². The molecule has 3 rings (SSSR count). The van der Waals surface area contributed by atoms with Gasteiger partial charge in [-0.25, -0.2) is 4.98 Å². The highest BCUT2D eigenvalue weighted by atomic mass is 35.5. The van der Waals surface area contributed by atoms with Gasteiger partial charge in [0.25, 0.3) is 0 Å². The molecule has 2 heterocycles. The summed E-state index contributed by atoms with van der Waals surface area (Å²) in [6.45, 7) is 4.11. The van der Waals surface area contributed by atoms with E-state index in [0.717, 1.165) is 21.2 Å². The van der Waals surface area contributed by atoms with Gasteiger partial charge in [0.1, 0.15) is 17.0 Å². The minimum absolute atomic E-state index is 0.174. The lowest BCUT2D eigenvalue weighted by Crippen LogP contribution is -2.08. The van der Waals surface area contributed by atoms with Crippen LogP contribution in [0.2, 0.25) is 10.0 Å². The van der Waals surface area contributed by atoms with Gasteiger partial charge in [0.2, 0.25) is 5.56 Å². The molecule has 3 aromatic rings. The van der Waals surface area contributed by atoms with Crippen molar-refractivity contribution in [2.45, 2.75) is 42.2 Å². The fraction of sp³-hybridized carbons (Fsp3) is 0.263. The Bertz CT molecular complexity index is 960. The number of aromatic amines is 2. The third-order valence-electron chi connectivity index (χ3n) is 3.94. The van der Waals surface area contributed by atoms with E-state index >= 15 is 0 Å². The van der Waals surface area contributed by atoms with Gasteiger partial charge < -0.3 is 15.1 Å². The summed E-state index contributed by atoms with van der Waals surface area (Å²) in [4.78, 5) is 22.5. The Labute approximate surface area is 171 Å². The molecule has 0 fully saturated rings. The summed E-state index contributed by atoms with van der Waals surface area (Å²) in [6, 6.07) is 8.47. The molecule has 2 aromatic heterocycles. The topological polar surface area (TPSA) is 81.8 Å². The first-order chi connectivity index (χ1) is 12.8. The zero-order valence-electron chi connectivity index (χ0n) is 14.8. The lowest BCUT2D eigenvalue weighted by molar-refractivity contribution is 0.169. The second-order valence-electron chi connectivity index (χ2n) is 6.48. The van der Waals surface area contributed by atoms with Crippen LogP contribution in [0.3, 0.4) is 0 Å². The van der Waals surface area contributed by atoms with Crippen LogP contribution >= 0.6 is 35.0 Å². The maximum atomic E-state index is 11.2. The molecular formula is C19H19Cl2N3O2S. The molecule has 3 N–H and O–H groups in total. The summed E-state index contributed by atoms with van der Waals surface area (Å²) in [6.07, 6.45) is 1.13. The summed E-state index contributed by atoms with van der Waals surface area (Å²) in [7, 11) is 0. The Hall–Kier alpha value is -1.73. The van der Waals surface area contributed by atoms with E-state index in [1.54, 1.807) is 18.3 Å². The Morgan fingerprint density at radius 3 is 2.48 bits per heavy atom. The van der Waals surface area contributed by atoms with Gasteiger partial charge in [-0.2, -0.15) is 0 Å². The van der Waals surface area contributed by atoms with Crippen LogP contribution in [-0.2, 0) is 6.42 Å². The Morgan fingerprint density at radius 1 is 1.19 bits per heavy atom. The van der Waals surface area contributed by atoms with Gasteiger partial charge >= 0.3 is 0 Å². The number of rotatable bonds is 6. The van der Waals surface area contributed by atoms with Crippen molar-refractivity contribution < 1.29 is 5.11 Å². The first kappa shape index (κ1) is 20.0. The number of aliphatic hydroxyl groups is 1. The van der Waals surface area contributed by atoms with Gasteiger partial charge in [-0.05, 0) is 29.7 Å². The first-order valence-corrected chi connectivity index (χ1v) is 9.98. The fourth-order valence-electron chi connectivity index (χ4n) is 2.60. The molecule has 1 unspecified atom stereocenters. The quantitative estimate of drug-likeness (QED) is 0.523. The molecule has 0 radical (unpaired) electrons. The molecule has 142 valence electrons. The van der Waals surface area contributed by atoms with Gasteiger partial charge in [0.15, 0.2) is 0 Å². The summed E-state index contributed by atoms with van der Waals surface area (Å²) in [5.41, 5.74) is 1.58. The second kappa shape index (κ2) is 8.52. The average Bonchev–Trinajstić information content (AvgIpc) is 3.00. The predicted octanol–water partition coefficient (Wildman–Crippen LogP) is 4.96. The van der Waals surface area contributed by atoms with Crippen molar-refractivity contribution in [2.24, 2.45) is 0 Å². The van der Waals surface area contributed by atoms with Crippen molar-refractivity contribution in [3.05, 3.63) is 74.0 Å². The molecule has 0 saturated carbocycles. The van der Waals surface area contributed by atoms with Gasteiger partial charge in [0.05, 0.1) is 5.69 Å². The van der Waals surface area contributed by atoms with Crippen molar-refractivity contribution >= 4 is 35.0 Å². The number of hydrogen-bond acceptors (Lipinski definition) is 4. The third-order valence-corrected chi connectivity index (χ3v) is 5.35. The number of benzene rings is 1. The lowest BCUT2D eigenvalue weighted by atomic mass is 10.1. The predicted molar refractivity (Wildman–Crippen MR) is 109 cm³/mol. The number of nitrogens with one attached hydrogen (secondary N) is 2. The molecule has 0 bridgehead atoms. The van der Waals surface area contributed by atoms with E-state index < -0.39 is 6.10 Å². The van der Waals surface area contributed by atoms with E-state index in [2.05, 4.69) is 28.8 Å². The molecule has 5 nitrogen and oxygen atoms in total. The van der Waals surface area contributed by atoms with Crippen LogP contribution < -0.4 is 5.56 Å². The van der Waals surface area contributed by atoms with Gasteiger partial charge in [-0.3, -0.25) is 4.79 Å². The summed E-state index contributed by atoms with van der Waals surface area (Å²) < 4.78 is 0. The molecule has 0 saturated heterocycles. The maximum Gasteiger partial charge on any atom is 0.247 e. The Balaban J connectivity index is 1.85. The Morgan fingerprint density at radius 2 is 1.89 bits per heavy atom. The summed E-state index contributed by atoms with van der Waals surface area (Å²) in [5.74, 6) is 0.684. The number of aromatic nitrogens is 3. The summed E-state index contributed by atoms with van der Waals surface area (Å²) in [5, 5.41) is 12.5. The SMILES string of the molecule is CC(C)c1[nH]c(C(O)Cc2ccc(=O)[nH]c2)nc1Sc1cc(Cl)cc(Cl)c1. The highest BCUT2D eigenvalue weighted by Crippen LogP contribution is 2.36. The molecule has 27 heavy (non-hydrogen) atoms. The van der Waals surface area contributed by atoms with Crippen molar-refractivity contribution in [2.75, 3.05) is 0 Å². The molecule has 1 aromatic carbocycles. The standard InChI is InChI=1S/C19H19Cl2N3O2S/c1-10(2)17-19(27-14-7-12(20)6-13(21)8-14)24-18(23-17)15(25)5-11-3-4-16(26)22-9-11/h3-4,6-10,15,25H,5H2,1-2H3,(H,22,26)(H,23,24). The lowest BCUT2D eigenvalue weighted by Gasteiger charge is -2.07. The minimum Gasteiger partial charge on any atom is -0.385 e. The number of nitrogens with zero attached hydrogens (tertiary/aromatic N) is 1. The molecule has 0 spiro atoms. The zero-order chi connectivity index (χ0) is 19.6. The molecule has 0 aliphatic rings. The van der Waals surface area contributed by atoms with Crippen LogP contribution in [0.5, 0.6) is 0 Å². The zero-order valence-corrected chi connectivity index (χ0v) is 17.1. The van der Waals surface area contributed by atoms with Gasteiger partial charge in [0, 0.05) is 33.6 Å². The average molecular weight is 424 g/mol. The van der Waals surface area contributed by atoms with Crippen LogP contribution in [-0.4, -0.2) is 20.1 Å². The van der Waals surface area contributed by atoms with Crippen molar-refractivity contribution in [3.63, 3.8) is 0 Å². The normalized spacial score (nSPS) is 12.5. The number of aliphatic hydroxyl groups excluding tert-OH is 1. The monoisotopic (exact) mass is 423 g/mol. The van der Waals surface area contributed by atoms with Gasteiger partial charge in [-0.15, -0.1) is 0 Å². The number of halogens is 2. The number of imidazole rings is 1. The van der Waals surface area contributed by atoms with Crippen LogP contribution in [0.25, 0.3) is 0 Å². The molecule has 0 amide bonds. The highest BCUT2D eigenvalue weighted by Gasteiger charge is 2.20. The van der Waals surface area contributed by atoms with E-state index in [4.69, 9.17) is 23.2 Å². The number of H-pyrrole nitrogens is 2. The van der Waals surface area contributed by atoms with Crippen molar-refractivity contribution in [1.82, 2.24) is 15.0 Å². The van der Waals surface area contributed by atoms with Crippen LogP contribution in [0, 0.1) is 0 Å². The molecule has 0 aliphatic heterocycles. The van der Waals surface area contributed by atoms with Crippen molar-refractivity contribution in [3.8, 4) is 0 Å². The maximum absolute atomic E-state index is 11.2. The smallest absolute Gasteiger partial charge is 0.247 e. The molecule has 8 heteroatoms. The van der Waals surface area contributed by atoms with E-state index in [1.165, 1.54) is 17.8 Å². The third kappa shape index (κ3) is 5.17. The largest absolute Gasteiger partial charge is 0.385 e. The summed E-state index contributed by atoms with van der Waals surface area (Å²) >= 11 is 13.6. The first-order valence-electron chi connectivity index (χ1n) is 8.41. The minimum atomic E-state index is -0.814. The molecule has 1 atom stereocenters. The van der Waals surface area contributed by atoms with Crippen molar-refractivity contribution in [1.29, 1.82) is 0 Å². The van der Waals surface area contributed by atoms with Gasteiger partial charge in [-0.1, -0.05) is 54.9 Å². The highest BCUT2D eigenvalue weighted by molar-refractivity contribution is 7.99. The van der Waals surface area contributed by atoms with E-state index in [0.29, 0.717) is 22.3 Å². The van der Waals surface area contributed by atoms with Crippen LogP contribution in [0.1, 0.15) is 43.0 Å². The van der Waals surface area contributed by atoms with E-state index in [9.17, 15) is 9.90 Å².